The van der Waals surface area contributed by atoms with Crippen molar-refractivity contribution in [2.45, 2.75) is 39.8 Å². The Balaban J connectivity index is 1.09. The lowest BCUT2D eigenvalue weighted by Gasteiger charge is -2.35. The Kier molecular flexibility index (Phi) is 11.8. The first kappa shape index (κ1) is 39.9. The van der Waals surface area contributed by atoms with Gasteiger partial charge in [0, 0.05) is 99.3 Å². The standard InChI is InChI=1S/C46H51FN6O6/c1-31-43(41(49(3)48-31)30-59-34-17-15-33(16-18-34)52-22-20-51(21-23-52)32(2)54)39-11-4-10-37-38(12-7-27-58-42-14-6-8-35-36(42)9-5-13-40(35)47)45(46(55)56)53(44(37)39)24-19-50-25-28-57-29-26-50/h4-6,8-11,13-18H,7,12,19-30H2,1-3H3,(H,55,56). The van der Waals surface area contributed by atoms with Gasteiger partial charge in [-0.15, -0.1) is 0 Å². The average Bonchev–Trinajstić information content (AvgIpc) is 3.73. The summed E-state index contributed by atoms with van der Waals surface area (Å²) < 4.78 is 36.6. The van der Waals surface area contributed by atoms with Gasteiger partial charge in [-0.05, 0) is 61.7 Å². The van der Waals surface area contributed by atoms with E-state index in [1.807, 2.05) is 64.5 Å². The normalized spacial score (nSPS) is 15.0. The molecule has 8 rings (SSSR count). The number of hydrogen-bond acceptors (Lipinski definition) is 8. The molecule has 6 aromatic rings. The van der Waals surface area contributed by atoms with Crippen LogP contribution in [-0.2, 0) is 36.2 Å². The lowest BCUT2D eigenvalue weighted by atomic mass is 9.98. The van der Waals surface area contributed by atoms with E-state index in [9.17, 15) is 19.1 Å². The predicted octanol–water partition coefficient (Wildman–Crippen LogP) is 6.93. The first-order valence-corrected chi connectivity index (χ1v) is 20.4. The van der Waals surface area contributed by atoms with Crippen LogP contribution in [0.4, 0.5) is 10.1 Å². The van der Waals surface area contributed by atoms with Gasteiger partial charge in [0.25, 0.3) is 0 Å². The molecule has 1 amide bonds. The highest BCUT2D eigenvalue weighted by Crippen LogP contribution is 2.39. The summed E-state index contributed by atoms with van der Waals surface area (Å²) in [4.78, 5) is 31.6. The fourth-order valence-electron chi connectivity index (χ4n) is 8.68. The van der Waals surface area contributed by atoms with Gasteiger partial charge in [0.15, 0.2) is 0 Å². The van der Waals surface area contributed by atoms with E-state index < -0.39 is 5.97 Å². The summed E-state index contributed by atoms with van der Waals surface area (Å²) in [5, 5.41) is 17.8. The van der Waals surface area contributed by atoms with Gasteiger partial charge in [-0.2, -0.15) is 5.10 Å². The second-order valence-corrected chi connectivity index (χ2v) is 15.3. The Labute approximate surface area is 343 Å². The van der Waals surface area contributed by atoms with Gasteiger partial charge in [0.1, 0.15) is 29.6 Å². The van der Waals surface area contributed by atoms with Crippen molar-refractivity contribution in [1.29, 1.82) is 0 Å². The number of amides is 1. The van der Waals surface area contributed by atoms with E-state index in [4.69, 9.17) is 19.3 Å². The van der Waals surface area contributed by atoms with Gasteiger partial charge in [-0.3, -0.25) is 14.4 Å². The topological polar surface area (TPSA) is 115 Å². The fraction of sp³-hybridized carbons (Fsp3) is 0.370. The van der Waals surface area contributed by atoms with E-state index in [0.29, 0.717) is 75.4 Å². The smallest absolute Gasteiger partial charge is 0.352 e. The molecule has 0 saturated carbocycles. The molecule has 59 heavy (non-hydrogen) atoms. The van der Waals surface area contributed by atoms with Crippen LogP contribution in [0.15, 0.2) is 78.9 Å². The van der Waals surface area contributed by atoms with Gasteiger partial charge < -0.3 is 33.7 Å². The Morgan fingerprint density at radius 1 is 0.847 bits per heavy atom. The monoisotopic (exact) mass is 802 g/mol. The highest BCUT2D eigenvalue weighted by atomic mass is 19.1. The number of fused-ring (bicyclic) bond motifs is 2. The van der Waals surface area contributed by atoms with Crippen LogP contribution >= 0.6 is 0 Å². The zero-order chi connectivity index (χ0) is 41.0. The number of piperazine rings is 1. The summed E-state index contributed by atoms with van der Waals surface area (Å²) in [6.07, 6.45) is 1.02. The van der Waals surface area contributed by atoms with E-state index >= 15 is 0 Å². The molecule has 2 aliphatic heterocycles. The number of hydrogen-bond donors (Lipinski definition) is 1. The maximum absolute atomic E-state index is 14.5. The molecule has 308 valence electrons. The molecule has 2 aromatic heterocycles. The summed E-state index contributed by atoms with van der Waals surface area (Å²) in [7, 11) is 1.91. The average molecular weight is 803 g/mol. The van der Waals surface area contributed by atoms with Crippen molar-refractivity contribution in [1.82, 2.24) is 24.1 Å². The van der Waals surface area contributed by atoms with Gasteiger partial charge in [0.05, 0.1) is 36.7 Å². The minimum atomic E-state index is -0.981. The Morgan fingerprint density at radius 2 is 1.56 bits per heavy atom. The molecule has 0 spiro atoms. The molecule has 2 fully saturated rings. The number of benzene rings is 4. The zero-order valence-corrected chi connectivity index (χ0v) is 34.0. The van der Waals surface area contributed by atoms with Crippen LogP contribution in [0.3, 0.4) is 0 Å². The number of carbonyl (C=O) groups excluding carboxylic acids is 1. The summed E-state index contributed by atoms with van der Waals surface area (Å²) >= 11 is 0. The van der Waals surface area contributed by atoms with Crippen molar-refractivity contribution in [3.63, 3.8) is 0 Å². The number of halogens is 1. The number of aromatic carboxylic acids is 1. The molecule has 0 radical (unpaired) electrons. The third-order valence-corrected chi connectivity index (χ3v) is 11.7. The van der Waals surface area contributed by atoms with E-state index in [-0.39, 0.29) is 24.0 Å². The summed E-state index contributed by atoms with van der Waals surface area (Å²) in [6, 6.07) is 24.4. The molecule has 2 aliphatic rings. The molecule has 0 bridgehead atoms. The number of carboxylic acids is 1. The minimum Gasteiger partial charge on any atom is -0.493 e. The molecule has 0 atom stereocenters. The molecule has 13 heteroatoms. The maximum atomic E-state index is 14.5. The highest BCUT2D eigenvalue weighted by molar-refractivity contribution is 6.04. The van der Waals surface area contributed by atoms with Crippen LogP contribution in [-0.4, -0.2) is 107 Å². The first-order valence-electron chi connectivity index (χ1n) is 20.4. The Bertz CT molecular complexity index is 2460. The number of para-hydroxylation sites is 1. The zero-order valence-electron chi connectivity index (χ0n) is 34.0. The van der Waals surface area contributed by atoms with E-state index in [1.165, 1.54) is 6.07 Å². The van der Waals surface area contributed by atoms with Crippen molar-refractivity contribution in [3.8, 4) is 22.6 Å². The van der Waals surface area contributed by atoms with Crippen molar-refractivity contribution in [2.75, 3.05) is 70.5 Å². The van der Waals surface area contributed by atoms with Crippen molar-refractivity contribution >= 4 is 39.2 Å². The van der Waals surface area contributed by atoms with Gasteiger partial charge in [-0.25, -0.2) is 9.18 Å². The SMILES string of the molecule is CC(=O)N1CCN(c2ccc(OCc3c(-c4cccc5c(CCCOc6cccc7c(F)cccc67)c(C(=O)O)n(CCN6CCOCC6)c45)c(C)nn3C)cc2)CC1. The lowest BCUT2D eigenvalue weighted by Crippen LogP contribution is -2.48. The lowest BCUT2D eigenvalue weighted by molar-refractivity contribution is -0.129. The number of aromatic nitrogens is 3. The molecule has 0 aliphatic carbocycles. The quantitative estimate of drug-likeness (QED) is 0.117. The van der Waals surface area contributed by atoms with Gasteiger partial charge in [0.2, 0.25) is 5.91 Å². The first-order chi connectivity index (χ1) is 28.7. The summed E-state index contributed by atoms with van der Waals surface area (Å²) in [5.74, 6) is 0.143. The van der Waals surface area contributed by atoms with E-state index in [1.54, 1.807) is 25.1 Å². The number of carbonyl (C=O) groups is 2. The maximum Gasteiger partial charge on any atom is 0.352 e. The van der Waals surface area contributed by atoms with E-state index in [0.717, 1.165) is 76.6 Å². The largest absolute Gasteiger partial charge is 0.493 e. The number of ether oxygens (including phenoxy) is 3. The third-order valence-electron chi connectivity index (χ3n) is 11.7. The van der Waals surface area contributed by atoms with Gasteiger partial charge >= 0.3 is 5.97 Å². The number of rotatable bonds is 14. The summed E-state index contributed by atoms with van der Waals surface area (Å²) in [5.41, 5.74) is 6.47. The van der Waals surface area contributed by atoms with Crippen LogP contribution in [0.2, 0.25) is 0 Å². The van der Waals surface area contributed by atoms with Crippen LogP contribution in [0.25, 0.3) is 32.8 Å². The van der Waals surface area contributed by atoms with Crippen molar-refractivity contribution < 1.29 is 33.3 Å². The number of aryl methyl sites for hydroxylation is 3. The van der Waals surface area contributed by atoms with Crippen LogP contribution in [0, 0.1) is 12.7 Å². The van der Waals surface area contributed by atoms with Crippen LogP contribution in [0.5, 0.6) is 11.5 Å². The molecule has 12 nitrogen and oxygen atoms in total. The van der Waals surface area contributed by atoms with Crippen molar-refractivity contribution in [3.05, 3.63) is 107 Å². The molecule has 4 aromatic carbocycles. The van der Waals surface area contributed by atoms with E-state index in [2.05, 4.69) is 28.0 Å². The number of carboxylic acid groups (broad SMARTS) is 1. The summed E-state index contributed by atoms with van der Waals surface area (Å²) in [6.45, 7) is 11.2. The van der Waals surface area contributed by atoms with Crippen LogP contribution < -0.4 is 14.4 Å². The second kappa shape index (κ2) is 17.5. The Morgan fingerprint density at radius 3 is 2.31 bits per heavy atom. The van der Waals surface area contributed by atoms with Crippen molar-refractivity contribution in [2.24, 2.45) is 7.05 Å². The molecule has 2 saturated heterocycles. The second-order valence-electron chi connectivity index (χ2n) is 15.3. The fourth-order valence-corrected chi connectivity index (χ4v) is 8.68. The highest BCUT2D eigenvalue weighted by Gasteiger charge is 2.28. The number of nitrogens with zero attached hydrogens (tertiary/aromatic N) is 6. The third kappa shape index (κ3) is 8.35. The predicted molar refractivity (Wildman–Crippen MR) is 226 cm³/mol. The molecule has 1 N–H and O–H groups in total. The molecular weight excluding hydrogens is 752 g/mol. The molecule has 4 heterocycles. The number of anilines is 1. The van der Waals surface area contributed by atoms with Crippen LogP contribution in [0.1, 0.15) is 40.8 Å². The molecular formula is C46H51FN6O6. The minimum absolute atomic E-state index is 0.109. The Hall–Kier alpha value is -5.92. The number of morpholine rings is 1. The molecule has 0 unspecified atom stereocenters. The van der Waals surface area contributed by atoms with Gasteiger partial charge in [-0.1, -0.05) is 42.5 Å².